The van der Waals surface area contributed by atoms with Gasteiger partial charge in [0, 0.05) is 11.4 Å². The van der Waals surface area contributed by atoms with Crippen molar-refractivity contribution < 1.29 is 18.0 Å². The van der Waals surface area contributed by atoms with Gasteiger partial charge in [0.2, 0.25) is 21.8 Å². The summed E-state index contributed by atoms with van der Waals surface area (Å²) in [7, 11) is -3.77. The first-order chi connectivity index (χ1) is 12.6. The lowest BCUT2D eigenvalue weighted by atomic mass is 10.2. The molecule has 0 aliphatic carbocycles. The number of nitrogens with two attached hydrogens (primary N) is 1. The Morgan fingerprint density at radius 2 is 1.52 bits per heavy atom. The van der Waals surface area contributed by atoms with Crippen LogP contribution in [0.1, 0.15) is 12.5 Å². The highest BCUT2D eigenvalue weighted by molar-refractivity contribution is 8.01. The highest BCUT2D eigenvalue weighted by atomic mass is 32.2. The van der Waals surface area contributed by atoms with E-state index in [9.17, 15) is 18.0 Å². The zero-order valence-electron chi connectivity index (χ0n) is 14.9. The predicted octanol–water partition coefficient (Wildman–Crippen LogP) is 2.34. The van der Waals surface area contributed by atoms with Crippen LogP contribution in [0, 0.1) is 6.92 Å². The standard InChI is InChI=1S/C18H21N3O4S2/c1-12-3-5-14(6-4-12)20-17(22)11-26-13(2)18(23)21-15-7-9-16(10-8-15)27(19,24)25/h3-10,13H,11H2,1-2H3,(H,20,22)(H,21,23)(H2,19,24,25)/t13-/m0/s1. The summed E-state index contributed by atoms with van der Waals surface area (Å²) in [6, 6.07) is 13.0. The van der Waals surface area contributed by atoms with Crippen LogP contribution in [0.25, 0.3) is 0 Å². The lowest BCUT2D eigenvalue weighted by Crippen LogP contribution is -2.25. The van der Waals surface area contributed by atoms with Crippen LogP contribution in [0.5, 0.6) is 0 Å². The van der Waals surface area contributed by atoms with Gasteiger partial charge in [-0.15, -0.1) is 11.8 Å². The Labute approximate surface area is 162 Å². The molecule has 0 saturated heterocycles. The lowest BCUT2D eigenvalue weighted by Gasteiger charge is -2.12. The molecule has 0 aliphatic rings. The molecule has 0 saturated carbocycles. The molecule has 0 unspecified atom stereocenters. The average molecular weight is 408 g/mol. The van der Waals surface area contributed by atoms with Gasteiger partial charge in [0.05, 0.1) is 15.9 Å². The van der Waals surface area contributed by atoms with Crippen molar-refractivity contribution in [2.45, 2.75) is 24.0 Å². The number of benzene rings is 2. The Morgan fingerprint density at radius 3 is 2.07 bits per heavy atom. The van der Waals surface area contributed by atoms with Crippen LogP contribution in [0.3, 0.4) is 0 Å². The number of hydrogen-bond acceptors (Lipinski definition) is 5. The van der Waals surface area contributed by atoms with Crippen LogP contribution in [0.15, 0.2) is 53.4 Å². The predicted molar refractivity (Wildman–Crippen MR) is 108 cm³/mol. The van der Waals surface area contributed by atoms with Crippen molar-refractivity contribution in [1.82, 2.24) is 0 Å². The second-order valence-electron chi connectivity index (χ2n) is 5.93. The minimum atomic E-state index is -3.77. The number of aryl methyl sites for hydroxylation is 1. The molecule has 0 bridgehead atoms. The van der Waals surface area contributed by atoms with Gasteiger partial charge in [0.1, 0.15) is 0 Å². The van der Waals surface area contributed by atoms with Crippen molar-refractivity contribution in [2.24, 2.45) is 5.14 Å². The molecule has 2 amide bonds. The van der Waals surface area contributed by atoms with Gasteiger partial charge >= 0.3 is 0 Å². The summed E-state index contributed by atoms with van der Waals surface area (Å²) in [5, 5.41) is 10.0. The third kappa shape index (κ3) is 6.70. The van der Waals surface area contributed by atoms with Gasteiger partial charge in [-0.25, -0.2) is 13.6 Å². The molecule has 9 heteroatoms. The number of nitrogens with one attached hydrogen (secondary N) is 2. The van der Waals surface area contributed by atoms with Crippen LogP contribution in [-0.4, -0.2) is 31.2 Å². The van der Waals surface area contributed by atoms with Gasteiger partial charge < -0.3 is 10.6 Å². The fourth-order valence-electron chi connectivity index (χ4n) is 2.08. The zero-order valence-corrected chi connectivity index (χ0v) is 16.6. The molecule has 0 aliphatic heterocycles. The van der Waals surface area contributed by atoms with Gasteiger partial charge in [-0.2, -0.15) is 0 Å². The number of carbonyl (C=O) groups excluding carboxylic acids is 2. The Balaban J connectivity index is 1.82. The monoisotopic (exact) mass is 407 g/mol. The van der Waals surface area contributed by atoms with E-state index in [-0.39, 0.29) is 22.5 Å². The van der Waals surface area contributed by atoms with Crippen LogP contribution < -0.4 is 15.8 Å². The maximum absolute atomic E-state index is 12.2. The summed E-state index contributed by atoms with van der Waals surface area (Å²) in [4.78, 5) is 24.1. The topological polar surface area (TPSA) is 118 Å². The number of thioether (sulfide) groups is 1. The van der Waals surface area contributed by atoms with E-state index in [1.54, 1.807) is 6.92 Å². The first-order valence-corrected chi connectivity index (χ1v) is 10.7. The third-order valence-corrected chi connectivity index (χ3v) is 5.69. The van der Waals surface area contributed by atoms with Crippen LogP contribution >= 0.6 is 11.8 Å². The van der Waals surface area contributed by atoms with Gasteiger partial charge in [-0.1, -0.05) is 17.7 Å². The summed E-state index contributed by atoms with van der Waals surface area (Å²) >= 11 is 1.20. The maximum atomic E-state index is 12.2. The molecular weight excluding hydrogens is 386 g/mol. The van der Waals surface area contributed by atoms with Crippen molar-refractivity contribution >= 4 is 45.0 Å². The fourth-order valence-corrected chi connectivity index (χ4v) is 3.28. The van der Waals surface area contributed by atoms with Crippen LogP contribution in [-0.2, 0) is 19.6 Å². The quantitative estimate of drug-likeness (QED) is 0.651. The van der Waals surface area contributed by atoms with E-state index in [0.29, 0.717) is 11.4 Å². The Kier molecular flexibility index (Phi) is 7.00. The smallest absolute Gasteiger partial charge is 0.238 e. The molecule has 0 fully saturated rings. The average Bonchev–Trinajstić information content (AvgIpc) is 2.61. The number of anilines is 2. The molecule has 1 atom stereocenters. The highest BCUT2D eigenvalue weighted by Crippen LogP contribution is 2.17. The van der Waals surface area contributed by atoms with E-state index in [2.05, 4.69) is 10.6 Å². The summed E-state index contributed by atoms with van der Waals surface area (Å²) in [5.41, 5.74) is 2.26. The number of rotatable bonds is 7. The molecule has 144 valence electrons. The van der Waals surface area contributed by atoms with Gasteiger partial charge in [-0.05, 0) is 50.2 Å². The normalized spacial score (nSPS) is 12.3. The number of hydrogen-bond donors (Lipinski definition) is 3. The zero-order chi connectivity index (χ0) is 20.0. The molecular formula is C18H21N3O4S2. The van der Waals surface area contributed by atoms with E-state index in [0.717, 1.165) is 5.56 Å². The number of amides is 2. The number of sulfonamides is 1. The minimum Gasteiger partial charge on any atom is -0.325 e. The molecule has 0 spiro atoms. The molecule has 7 nitrogen and oxygen atoms in total. The largest absolute Gasteiger partial charge is 0.325 e. The Morgan fingerprint density at radius 1 is 1.00 bits per heavy atom. The number of primary sulfonamides is 1. The Hall–Kier alpha value is -2.36. The van der Waals surface area contributed by atoms with E-state index in [1.165, 1.54) is 36.0 Å². The van der Waals surface area contributed by atoms with Gasteiger partial charge in [-0.3, -0.25) is 9.59 Å². The second-order valence-corrected chi connectivity index (χ2v) is 8.82. The molecule has 0 radical (unpaired) electrons. The molecule has 27 heavy (non-hydrogen) atoms. The highest BCUT2D eigenvalue weighted by Gasteiger charge is 2.16. The summed E-state index contributed by atoms with van der Waals surface area (Å²) in [5.74, 6) is -0.347. The molecule has 0 heterocycles. The van der Waals surface area contributed by atoms with E-state index < -0.39 is 15.3 Å². The van der Waals surface area contributed by atoms with E-state index in [1.807, 2.05) is 31.2 Å². The number of carbonyl (C=O) groups is 2. The molecule has 2 aromatic carbocycles. The van der Waals surface area contributed by atoms with Gasteiger partial charge in [0.15, 0.2) is 0 Å². The Bertz CT molecular complexity index is 911. The SMILES string of the molecule is Cc1ccc(NC(=O)CS[C@@H](C)C(=O)Nc2ccc(S(N)(=O)=O)cc2)cc1. The molecule has 2 rings (SSSR count). The first-order valence-electron chi connectivity index (χ1n) is 8.07. The summed E-state index contributed by atoms with van der Waals surface area (Å²) in [6.07, 6.45) is 0. The van der Waals surface area contributed by atoms with Crippen molar-refractivity contribution in [3.8, 4) is 0 Å². The minimum absolute atomic E-state index is 0.0318. The van der Waals surface area contributed by atoms with Crippen LogP contribution in [0.2, 0.25) is 0 Å². The van der Waals surface area contributed by atoms with Crippen molar-refractivity contribution in [3.05, 3.63) is 54.1 Å². The van der Waals surface area contributed by atoms with Crippen LogP contribution in [0.4, 0.5) is 11.4 Å². The second kappa shape index (κ2) is 9.03. The maximum Gasteiger partial charge on any atom is 0.238 e. The van der Waals surface area contributed by atoms with E-state index in [4.69, 9.17) is 5.14 Å². The van der Waals surface area contributed by atoms with Gasteiger partial charge in [0.25, 0.3) is 0 Å². The van der Waals surface area contributed by atoms with E-state index >= 15 is 0 Å². The third-order valence-electron chi connectivity index (χ3n) is 3.62. The molecule has 4 N–H and O–H groups in total. The lowest BCUT2D eigenvalue weighted by molar-refractivity contribution is -0.115. The first kappa shape index (κ1) is 20.9. The summed E-state index contributed by atoms with van der Waals surface area (Å²) in [6.45, 7) is 3.65. The fraction of sp³-hybridized carbons (Fsp3) is 0.222. The van der Waals surface area contributed by atoms with Crippen molar-refractivity contribution in [2.75, 3.05) is 16.4 Å². The molecule has 2 aromatic rings. The van der Waals surface area contributed by atoms with Crippen molar-refractivity contribution in [1.29, 1.82) is 0 Å². The molecule has 0 aromatic heterocycles. The van der Waals surface area contributed by atoms with Crippen molar-refractivity contribution in [3.63, 3.8) is 0 Å². The summed E-state index contributed by atoms with van der Waals surface area (Å²) < 4.78 is 22.4.